The van der Waals surface area contributed by atoms with Crippen molar-refractivity contribution in [2.45, 2.75) is 55.9 Å². The Morgan fingerprint density at radius 1 is 1.28 bits per heavy atom. The van der Waals surface area contributed by atoms with Gasteiger partial charge in [0.2, 0.25) is 28.8 Å². The minimum Gasteiger partial charge on any atom is -0.478 e. The highest BCUT2D eigenvalue weighted by atomic mass is 32.2. The summed E-state index contributed by atoms with van der Waals surface area (Å²) >= 11 is 3.29. The molecule has 0 bridgehead atoms. The van der Waals surface area contributed by atoms with Crippen LogP contribution < -0.4 is 27.1 Å². The van der Waals surface area contributed by atoms with Crippen LogP contribution in [0.4, 0.5) is 16.8 Å². The number of carbonyl (C=O) groups is 4. The summed E-state index contributed by atoms with van der Waals surface area (Å²) in [7, 11) is 0. The van der Waals surface area contributed by atoms with Crippen LogP contribution in [0.25, 0.3) is 0 Å². The Bertz CT molecular complexity index is 1540. The van der Waals surface area contributed by atoms with E-state index in [1.54, 1.807) is 10.6 Å². The number of β-lactam (4-membered cyclic amide) rings is 1. The summed E-state index contributed by atoms with van der Waals surface area (Å²) in [5.74, 6) is -3.37. The molecule has 43 heavy (non-hydrogen) atoms. The zero-order valence-electron chi connectivity index (χ0n) is 23.1. The summed E-state index contributed by atoms with van der Waals surface area (Å²) in [6.45, 7) is 5.01. The summed E-state index contributed by atoms with van der Waals surface area (Å²) < 4.78 is 5.71. The summed E-state index contributed by atoms with van der Waals surface area (Å²) in [6.07, 6.45) is 0.784. The molecule has 4 rings (SSSR count). The molecule has 0 saturated carbocycles. The van der Waals surface area contributed by atoms with Gasteiger partial charge in [-0.1, -0.05) is 17.1 Å². The van der Waals surface area contributed by atoms with Gasteiger partial charge in [0.25, 0.3) is 11.8 Å². The number of amides is 2. The number of nitrogens with two attached hydrogens (primary N) is 3. The maximum absolute atomic E-state index is 13.2. The number of fused-ring (bicyclic) bond motifs is 1. The van der Waals surface area contributed by atoms with Gasteiger partial charge in [-0.3, -0.25) is 14.5 Å². The number of carboxylic acid groups (broad SMARTS) is 2. The van der Waals surface area contributed by atoms with Crippen LogP contribution >= 0.6 is 35.1 Å². The van der Waals surface area contributed by atoms with Crippen molar-refractivity contribution in [1.82, 2.24) is 24.6 Å². The van der Waals surface area contributed by atoms with Crippen molar-refractivity contribution in [1.29, 1.82) is 0 Å². The quantitative estimate of drug-likeness (QED) is 0.0421. The second kappa shape index (κ2) is 12.6. The third kappa shape index (κ3) is 6.59. The van der Waals surface area contributed by atoms with Gasteiger partial charge >= 0.3 is 17.1 Å². The molecule has 2 aromatic heterocycles. The van der Waals surface area contributed by atoms with Gasteiger partial charge in [-0.15, -0.1) is 11.8 Å². The maximum atomic E-state index is 13.2. The zero-order valence-corrected chi connectivity index (χ0v) is 25.6. The summed E-state index contributed by atoms with van der Waals surface area (Å²) in [4.78, 5) is 64.6. The molecule has 0 spiro atoms. The molecular formula is C23H29N10O7S3+. The number of carboxylic acids is 2. The molecular weight excluding hydrogens is 625 g/mol. The molecule has 230 valence electrons. The lowest BCUT2D eigenvalue weighted by molar-refractivity contribution is -0.723. The minimum absolute atomic E-state index is 0.0136. The number of hydrogen-bond acceptors (Lipinski definition) is 15. The Morgan fingerprint density at radius 3 is 2.60 bits per heavy atom. The number of nitrogens with zero attached hydrogens (tertiary/aromatic N) is 6. The first-order valence-electron chi connectivity index (χ1n) is 12.6. The third-order valence-electron chi connectivity index (χ3n) is 6.17. The van der Waals surface area contributed by atoms with Crippen LogP contribution in [0.3, 0.4) is 0 Å². The average molecular weight is 654 g/mol. The van der Waals surface area contributed by atoms with Gasteiger partial charge in [0.05, 0.1) is 12.6 Å². The van der Waals surface area contributed by atoms with Gasteiger partial charge in [0.15, 0.2) is 5.13 Å². The summed E-state index contributed by atoms with van der Waals surface area (Å²) in [5.41, 5.74) is 15.6. The Labute approximate surface area is 257 Å². The number of nitrogen functional groups attached to an aromatic ring is 3. The highest BCUT2D eigenvalue weighted by molar-refractivity contribution is 8.01. The number of rotatable bonds is 12. The molecule has 2 aliphatic rings. The molecule has 2 atom stereocenters. The number of nitrogens with one attached hydrogen (secondary N) is 1. The van der Waals surface area contributed by atoms with Crippen LogP contribution in [0.5, 0.6) is 0 Å². The van der Waals surface area contributed by atoms with E-state index in [0.29, 0.717) is 23.1 Å². The lowest BCUT2D eigenvalue weighted by Crippen LogP contribution is -2.71. The molecule has 0 aliphatic carbocycles. The van der Waals surface area contributed by atoms with E-state index in [-0.39, 0.29) is 34.0 Å². The van der Waals surface area contributed by atoms with Gasteiger partial charge < -0.3 is 37.6 Å². The van der Waals surface area contributed by atoms with E-state index in [1.165, 1.54) is 37.4 Å². The third-order valence-corrected chi connectivity index (χ3v) is 9.12. The molecule has 20 heteroatoms. The van der Waals surface area contributed by atoms with Crippen molar-refractivity contribution in [3.63, 3.8) is 0 Å². The molecule has 9 N–H and O–H groups in total. The largest absolute Gasteiger partial charge is 0.478 e. The van der Waals surface area contributed by atoms with Gasteiger partial charge in [-0.05, 0) is 37.6 Å². The molecule has 1 fully saturated rings. The highest BCUT2D eigenvalue weighted by Crippen LogP contribution is 2.41. The van der Waals surface area contributed by atoms with Crippen molar-refractivity contribution in [2.75, 3.05) is 28.7 Å². The van der Waals surface area contributed by atoms with Crippen LogP contribution in [0.15, 0.2) is 27.6 Å². The lowest BCUT2D eigenvalue weighted by atomic mass is 10.0. The summed E-state index contributed by atoms with van der Waals surface area (Å²) in [5, 5.41) is 25.3. The van der Waals surface area contributed by atoms with Gasteiger partial charge in [0.1, 0.15) is 17.1 Å². The van der Waals surface area contributed by atoms with Gasteiger partial charge in [0, 0.05) is 23.0 Å². The van der Waals surface area contributed by atoms with Crippen molar-refractivity contribution >= 4 is 81.3 Å². The predicted octanol–water partition coefficient (Wildman–Crippen LogP) is -0.508. The number of hydrogen-bond donors (Lipinski definition) is 6. The molecule has 2 aromatic rings. The van der Waals surface area contributed by atoms with Crippen LogP contribution in [-0.4, -0.2) is 87.4 Å². The Morgan fingerprint density at radius 2 is 2.00 bits per heavy atom. The van der Waals surface area contributed by atoms with E-state index in [4.69, 9.17) is 22.0 Å². The van der Waals surface area contributed by atoms with Gasteiger partial charge in [-0.2, -0.15) is 9.36 Å². The van der Waals surface area contributed by atoms with E-state index < -0.39 is 46.5 Å². The van der Waals surface area contributed by atoms with Crippen LogP contribution in [-0.2, 0) is 30.6 Å². The van der Waals surface area contributed by atoms with Gasteiger partial charge in [-0.25, -0.2) is 14.2 Å². The molecule has 17 nitrogen and oxygen atoms in total. The number of thioether (sulfide) groups is 2. The van der Waals surface area contributed by atoms with Crippen molar-refractivity contribution in [3.8, 4) is 0 Å². The minimum atomic E-state index is -1.80. The SMILES string of the molecule is CCC[n+]1c(N)cc(N)nc1SCC1=C(C(=O)O)N2C(=O)C(NC(=O)/C(=N\OC(C)(C)C(=O)O)c3nsc(N)n3)C2SC1. The van der Waals surface area contributed by atoms with E-state index in [0.717, 1.165) is 22.9 Å². The van der Waals surface area contributed by atoms with Crippen molar-refractivity contribution in [2.24, 2.45) is 5.16 Å². The Kier molecular flexibility index (Phi) is 9.30. The first kappa shape index (κ1) is 31.8. The fourth-order valence-electron chi connectivity index (χ4n) is 3.97. The first-order valence-corrected chi connectivity index (χ1v) is 15.4. The standard InChI is InChI=1S/C23H28N10O7S3/c1-4-5-32-11(25)6-10(24)27-22(32)42-8-9-7-41-18-13(17(35)33(18)14(9)19(36)37)28-16(34)12(15-29-21(26)43-31-15)30-40-23(2,3)20(38)39/h6,13,18H,4-5,7-8H2,1-3H3,(H8,24,25,26,28,29,31,34,36,37,38,39)/p+1/b30-12-. The fraction of sp³-hybridized carbons (Fsp3) is 0.435. The van der Waals surface area contributed by atoms with E-state index in [1.807, 2.05) is 6.92 Å². The van der Waals surface area contributed by atoms with Crippen LogP contribution in [0, 0.1) is 0 Å². The molecule has 2 unspecified atom stereocenters. The average Bonchev–Trinajstić information content (AvgIpc) is 3.36. The molecule has 0 radical (unpaired) electrons. The number of oxime groups is 1. The van der Waals surface area contributed by atoms with Crippen molar-refractivity contribution < 1.29 is 38.8 Å². The highest BCUT2D eigenvalue weighted by Gasteiger charge is 2.54. The maximum Gasteiger partial charge on any atom is 0.352 e. The second-order valence-electron chi connectivity index (χ2n) is 9.75. The van der Waals surface area contributed by atoms with Crippen LogP contribution in [0.1, 0.15) is 33.0 Å². The topological polar surface area (TPSA) is 266 Å². The lowest BCUT2D eigenvalue weighted by Gasteiger charge is -2.49. The fourth-order valence-corrected chi connectivity index (χ4v) is 6.95. The number of aliphatic carboxylic acids is 2. The molecule has 4 heterocycles. The second-order valence-corrected chi connectivity index (χ2v) is 12.6. The number of anilines is 3. The Hall–Kier alpha value is -4.17. The summed E-state index contributed by atoms with van der Waals surface area (Å²) in [6, 6.07) is 0.432. The molecule has 1 saturated heterocycles. The molecule has 2 aliphatic heterocycles. The smallest absolute Gasteiger partial charge is 0.352 e. The molecule has 0 aromatic carbocycles. The zero-order chi connectivity index (χ0) is 31.6. The van der Waals surface area contributed by atoms with E-state index in [2.05, 4.69) is 24.8 Å². The Balaban J connectivity index is 1.54. The van der Waals surface area contributed by atoms with E-state index in [9.17, 15) is 29.4 Å². The number of carbonyl (C=O) groups excluding carboxylic acids is 2. The monoisotopic (exact) mass is 653 g/mol. The molecule has 2 amide bonds. The van der Waals surface area contributed by atoms with E-state index >= 15 is 0 Å². The number of aromatic nitrogens is 4. The van der Waals surface area contributed by atoms with Crippen LogP contribution in [0.2, 0.25) is 0 Å². The predicted molar refractivity (Wildman–Crippen MR) is 158 cm³/mol. The normalized spacial score (nSPS) is 18.6. The first-order chi connectivity index (χ1) is 20.2. The van der Waals surface area contributed by atoms with Crippen molar-refractivity contribution in [3.05, 3.63) is 23.2 Å².